The fraction of sp³-hybridized carbons (Fsp3) is 0.263. The van der Waals surface area contributed by atoms with Crippen LogP contribution in [0.25, 0.3) is 0 Å². The largest absolute Gasteiger partial charge is 0.325 e. The van der Waals surface area contributed by atoms with Crippen LogP contribution in [0, 0.1) is 5.82 Å². The van der Waals surface area contributed by atoms with Crippen molar-refractivity contribution in [3.63, 3.8) is 0 Å². The second kappa shape index (κ2) is 7.44. The Bertz CT molecular complexity index is 779. The fourth-order valence-electron chi connectivity index (χ4n) is 3.09. The van der Waals surface area contributed by atoms with Crippen LogP contribution in [0.5, 0.6) is 0 Å². The van der Waals surface area contributed by atoms with Crippen molar-refractivity contribution in [3.8, 4) is 0 Å². The molecule has 0 bridgehead atoms. The Morgan fingerprint density at radius 2 is 1.96 bits per heavy atom. The molecule has 130 valence electrons. The number of anilines is 1. The number of halogens is 1. The first kappa shape index (κ1) is 17.1. The summed E-state index contributed by atoms with van der Waals surface area (Å²) in [6, 6.07) is 13.0. The van der Waals surface area contributed by atoms with Gasteiger partial charge < -0.3 is 5.32 Å². The molecular formula is C19H20FN3O2. The normalized spacial score (nSPS) is 16.8. The van der Waals surface area contributed by atoms with Crippen LogP contribution in [-0.4, -0.2) is 29.9 Å². The minimum Gasteiger partial charge on any atom is -0.308 e. The van der Waals surface area contributed by atoms with Crippen molar-refractivity contribution < 1.29 is 14.0 Å². The van der Waals surface area contributed by atoms with Crippen molar-refractivity contribution in [1.29, 1.82) is 0 Å². The molecule has 0 aliphatic carbocycles. The van der Waals surface area contributed by atoms with Crippen LogP contribution in [0.15, 0.2) is 48.5 Å². The predicted molar refractivity (Wildman–Crippen MR) is 93.7 cm³/mol. The lowest BCUT2D eigenvalue weighted by Crippen LogP contribution is -2.44. The Morgan fingerprint density at radius 1 is 1.20 bits per heavy atom. The van der Waals surface area contributed by atoms with E-state index < -0.39 is 6.03 Å². The molecule has 2 aromatic carbocycles. The van der Waals surface area contributed by atoms with E-state index in [1.807, 2.05) is 17.9 Å². The van der Waals surface area contributed by atoms with Gasteiger partial charge in [-0.05, 0) is 48.7 Å². The van der Waals surface area contributed by atoms with Crippen LogP contribution in [-0.2, 0) is 11.2 Å². The molecule has 0 spiro atoms. The van der Waals surface area contributed by atoms with Crippen molar-refractivity contribution in [2.45, 2.75) is 19.4 Å². The van der Waals surface area contributed by atoms with Crippen LogP contribution in [0.3, 0.4) is 0 Å². The van der Waals surface area contributed by atoms with E-state index in [-0.39, 0.29) is 24.3 Å². The summed E-state index contributed by atoms with van der Waals surface area (Å²) in [6.45, 7) is 2.71. The Labute approximate surface area is 145 Å². The molecule has 0 saturated heterocycles. The van der Waals surface area contributed by atoms with Gasteiger partial charge in [0.15, 0.2) is 0 Å². The van der Waals surface area contributed by atoms with Gasteiger partial charge >= 0.3 is 6.03 Å². The average molecular weight is 341 g/mol. The lowest BCUT2D eigenvalue weighted by atomic mass is 9.93. The first-order valence-electron chi connectivity index (χ1n) is 8.21. The van der Waals surface area contributed by atoms with Crippen LogP contribution in [0.1, 0.15) is 24.1 Å². The third-order valence-electron chi connectivity index (χ3n) is 4.41. The number of fused-ring (bicyclic) bond motifs is 1. The van der Waals surface area contributed by atoms with Crippen molar-refractivity contribution in [3.05, 3.63) is 65.5 Å². The second-order valence-electron chi connectivity index (χ2n) is 6.11. The summed E-state index contributed by atoms with van der Waals surface area (Å²) in [4.78, 5) is 26.0. The number of urea groups is 1. The summed E-state index contributed by atoms with van der Waals surface area (Å²) in [5, 5.41) is 4.93. The van der Waals surface area contributed by atoms with Crippen LogP contribution in [0.4, 0.5) is 14.9 Å². The highest BCUT2D eigenvalue weighted by Gasteiger charge is 2.26. The highest BCUT2D eigenvalue weighted by Crippen LogP contribution is 2.29. The Kier molecular flexibility index (Phi) is 5.09. The van der Waals surface area contributed by atoms with E-state index in [1.165, 1.54) is 12.1 Å². The van der Waals surface area contributed by atoms with Gasteiger partial charge in [-0.3, -0.25) is 15.0 Å². The molecule has 6 heteroatoms. The quantitative estimate of drug-likeness (QED) is 0.902. The van der Waals surface area contributed by atoms with E-state index in [4.69, 9.17) is 0 Å². The molecule has 1 aliphatic heterocycles. The zero-order valence-corrected chi connectivity index (χ0v) is 14.0. The number of hydrogen-bond acceptors (Lipinski definition) is 3. The lowest BCUT2D eigenvalue weighted by Gasteiger charge is -2.34. The van der Waals surface area contributed by atoms with Gasteiger partial charge in [-0.25, -0.2) is 9.18 Å². The smallest absolute Gasteiger partial charge is 0.308 e. The number of carbonyl (C=O) groups is 2. The van der Waals surface area contributed by atoms with E-state index in [1.54, 1.807) is 30.3 Å². The van der Waals surface area contributed by atoms with Gasteiger partial charge in [0.25, 0.3) is 0 Å². The Balaban J connectivity index is 1.57. The number of carbonyl (C=O) groups excluding carboxylic acids is 2. The Morgan fingerprint density at radius 3 is 2.72 bits per heavy atom. The van der Waals surface area contributed by atoms with E-state index in [0.29, 0.717) is 12.2 Å². The first-order chi connectivity index (χ1) is 12.0. The Hall–Kier alpha value is -2.73. The molecule has 2 N–H and O–H groups in total. The maximum absolute atomic E-state index is 13.5. The number of para-hydroxylation sites is 1. The van der Waals surface area contributed by atoms with Gasteiger partial charge in [-0.15, -0.1) is 0 Å². The van der Waals surface area contributed by atoms with Gasteiger partial charge in [0.2, 0.25) is 5.91 Å². The highest BCUT2D eigenvalue weighted by molar-refractivity contribution is 6.01. The average Bonchev–Trinajstić information content (AvgIpc) is 2.58. The van der Waals surface area contributed by atoms with Crippen LogP contribution in [0.2, 0.25) is 0 Å². The third-order valence-corrected chi connectivity index (χ3v) is 4.41. The van der Waals surface area contributed by atoms with Gasteiger partial charge in [0.1, 0.15) is 5.82 Å². The zero-order chi connectivity index (χ0) is 17.8. The molecule has 0 radical (unpaired) electrons. The van der Waals surface area contributed by atoms with E-state index in [9.17, 15) is 14.0 Å². The first-order valence-corrected chi connectivity index (χ1v) is 8.21. The van der Waals surface area contributed by atoms with Crippen molar-refractivity contribution in [2.75, 3.05) is 18.4 Å². The number of nitrogens with zero attached hydrogens (tertiary/aromatic N) is 1. The monoisotopic (exact) mass is 341 g/mol. The minimum atomic E-state index is -0.563. The van der Waals surface area contributed by atoms with E-state index >= 15 is 0 Å². The van der Waals surface area contributed by atoms with Crippen molar-refractivity contribution in [2.24, 2.45) is 0 Å². The number of benzene rings is 2. The van der Waals surface area contributed by atoms with Crippen LogP contribution >= 0.6 is 0 Å². The van der Waals surface area contributed by atoms with E-state index in [2.05, 4.69) is 10.6 Å². The lowest BCUT2D eigenvalue weighted by molar-refractivity contribution is -0.121. The molecule has 1 aliphatic rings. The maximum Gasteiger partial charge on any atom is 0.325 e. The summed E-state index contributed by atoms with van der Waals surface area (Å²) < 4.78 is 13.5. The molecular weight excluding hydrogens is 321 g/mol. The minimum absolute atomic E-state index is 0.0811. The molecule has 0 fully saturated rings. The van der Waals surface area contributed by atoms with Crippen molar-refractivity contribution >= 4 is 17.6 Å². The topological polar surface area (TPSA) is 61.4 Å². The molecule has 1 unspecified atom stereocenters. The van der Waals surface area contributed by atoms with Crippen LogP contribution < -0.4 is 10.6 Å². The fourth-order valence-corrected chi connectivity index (χ4v) is 3.09. The molecule has 2 aromatic rings. The maximum atomic E-state index is 13.5. The number of nitrogens with one attached hydrogen (secondary N) is 2. The molecule has 25 heavy (non-hydrogen) atoms. The van der Waals surface area contributed by atoms with E-state index in [0.717, 1.165) is 17.5 Å². The number of amides is 3. The summed E-state index contributed by atoms with van der Waals surface area (Å²) in [5.74, 6) is -0.667. The molecule has 0 aromatic heterocycles. The second-order valence-corrected chi connectivity index (χ2v) is 6.11. The summed E-state index contributed by atoms with van der Waals surface area (Å²) >= 11 is 0. The number of rotatable bonds is 3. The number of hydrogen-bond donors (Lipinski definition) is 2. The standard InChI is InChI=1S/C19H20FN3O2/c1-13-17-11-15(20)8-7-14(17)9-10-23(13)12-18(24)22-19(25)21-16-5-3-2-4-6-16/h2-8,11,13H,9-10,12H2,1H3,(H2,21,22,24,25). The number of imide groups is 1. The molecule has 1 atom stereocenters. The third kappa shape index (κ3) is 4.22. The molecule has 5 nitrogen and oxygen atoms in total. The van der Waals surface area contributed by atoms with Gasteiger partial charge in [0, 0.05) is 18.3 Å². The van der Waals surface area contributed by atoms with Gasteiger partial charge in [-0.1, -0.05) is 24.3 Å². The molecule has 0 saturated carbocycles. The van der Waals surface area contributed by atoms with Gasteiger partial charge in [-0.2, -0.15) is 0 Å². The summed E-state index contributed by atoms with van der Waals surface area (Å²) in [6.07, 6.45) is 0.753. The molecule has 3 amide bonds. The highest BCUT2D eigenvalue weighted by atomic mass is 19.1. The predicted octanol–water partition coefficient (Wildman–Crippen LogP) is 3.09. The molecule has 3 rings (SSSR count). The molecule has 1 heterocycles. The zero-order valence-electron chi connectivity index (χ0n) is 14.0. The SMILES string of the molecule is CC1c2cc(F)ccc2CCN1CC(=O)NC(=O)Nc1ccccc1. The van der Waals surface area contributed by atoms with Crippen molar-refractivity contribution in [1.82, 2.24) is 10.2 Å². The summed E-state index contributed by atoms with van der Waals surface area (Å²) in [7, 11) is 0. The summed E-state index contributed by atoms with van der Waals surface area (Å²) in [5.41, 5.74) is 2.61. The van der Waals surface area contributed by atoms with Gasteiger partial charge in [0.05, 0.1) is 6.54 Å².